The highest BCUT2D eigenvalue weighted by molar-refractivity contribution is 6.16. The number of anilines is 3. The maximum absolute atomic E-state index is 6.64. The van der Waals surface area contributed by atoms with Gasteiger partial charge in [-0.05, 0) is 94.9 Å². The van der Waals surface area contributed by atoms with E-state index in [2.05, 4.69) is 209 Å². The van der Waals surface area contributed by atoms with E-state index in [9.17, 15) is 0 Å². The van der Waals surface area contributed by atoms with Gasteiger partial charge >= 0.3 is 0 Å². The molecular weight excluding hydrogens is 695 g/mol. The SMILES string of the molecule is Cc1ccccc1-c1ccc(N(c2ccccc2)c2cccc3c2c2ccccc2n3-c2ccc(CNC(NC(N)c3ccccc3)c3ccccc3)cc2)cc1. The number of aromatic nitrogens is 1. The number of rotatable bonds is 12. The molecule has 4 N–H and O–H groups in total. The first-order valence-electron chi connectivity index (χ1n) is 19.6. The Morgan fingerprint density at radius 3 is 1.86 bits per heavy atom. The lowest BCUT2D eigenvalue weighted by Crippen LogP contribution is -2.39. The van der Waals surface area contributed by atoms with Crippen molar-refractivity contribution >= 4 is 38.9 Å². The van der Waals surface area contributed by atoms with Gasteiger partial charge in [0.15, 0.2) is 0 Å². The first-order valence-corrected chi connectivity index (χ1v) is 19.6. The van der Waals surface area contributed by atoms with Crippen molar-refractivity contribution in [2.24, 2.45) is 5.73 Å². The molecule has 2 atom stereocenters. The minimum Gasteiger partial charge on any atom is -0.312 e. The van der Waals surface area contributed by atoms with Gasteiger partial charge in [-0.1, -0.05) is 152 Å². The van der Waals surface area contributed by atoms with Crippen molar-refractivity contribution < 1.29 is 0 Å². The Hall–Kier alpha value is -6.76. The summed E-state index contributed by atoms with van der Waals surface area (Å²) >= 11 is 0. The highest BCUT2D eigenvalue weighted by Crippen LogP contribution is 2.44. The average molecular weight is 740 g/mol. The maximum atomic E-state index is 6.64. The molecule has 9 rings (SSSR count). The summed E-state index contributed by atoms with van der Waals surface area (Å²) in [6.45, 7) is 2.84. The van der Waals surface area contributed by atoms with Gasteiger partial charge in [0.25, 0.3) is 0 Å². The summed E-state index contributed by atoms with van der Waals surface area (Å²) in [7, 11) is 0. The largest absolute Gasteiger partial charge is 0.312 e. The van der Waals surface area contributed by atoms with Crippen LogP contribution in [0.3, 0.4) is 0 Å². The molecule has 8 aromatic carbocycles. The molecule has 5 heteroatoms. The molecule has 2 unspecified atom stereocenters. The van der Waals surface area contributed by atoms with Crippen LogP contribution < -0.4 is 21.3 Å². The second-order valence-electron chi connectivity index (χ2n) is 14.5. The number of para-hydroxylation sites is 2. The van der Waals surface area contributed by atoms with E-state index >= 15 is 0 Å². The number of fused-ring (bicyclic) bond motifs is 3. The van der Waals surface area contributed by atoms with Crippen LogP contribution in [0.25, 0.3) is 38.6 Å². The molecule has 0 bridgehead atoms. The summed E-state index contributed by atoms with van der Waals surface area (Å²) in [5.74, 6) is 0. The quantitative estimate of drug-likeness (QED) is 0.109. The number of nitrogens with two attached hydrogens (primary N) is 1. The van der Waals surface area contributed by atoms with E-state index < -0.39 is 0 Å². The molecule has 1 aromatic heterocycles. The Bertz CT molecular complexity index is 2720. The Morgan fingerprint density at radius 2 is 1.14 bits per heavy atom. The maximum Gasteiger partial charge on any atom is 0.0852 e. The Morgan fingerprint density at radius 1 is 0.544 bits per heavy atom. The number of nitrogens with one attached hydrogen (secondary N) is 2. The molecule has 57 heavy (non-hydrogen) atoms. The van der Waals surface area contributed by atoms with Crippen molar-refractivity contribution in [3.63, 3.8) is 0 Å². The first kappa shape index (κ1) is 35.9. The van der Waals surface area contributed by atoms with E-state index in [1.54, 1.807) is 0 Å². The van der Waals surface area contributed by atoms with Gasteiger partial charge in [-0.15, -0.1) is 0 Å². The summed E-state index contributed by atoms with van der Waals surface area (Å²) in [5.41, 5.74) is 20.5. The van der Waals surface area contributed by atoms with E-state index in [1.807, 2.05) is 24.3 Å². The third-order valence-corrected chi connectivity index (χ3v) is 10.9. The lowest BCUT2D eigenvalue weighted by atomic mass is 10.00. The zero-order chi connectivity index (χ0) is 38.6. The molecule has 0 saturated heterocycles. The summed E-state index contributed by atoms with van der Waals surface area (Å²) in [6, 6.07) is 73.1. The number of benzene rings is 8. The molecule has 5 nitrogen and oxygen atoms in total. The van der Waals surface area contributed by atoms with Gasteiger partial charge in [0.05, 0.1) is 29.1 Å². The molecule has 0 saturated carbocycles. The minimum absolute atomic E-state index is 0.136. The Labute approximate surface area is 334 Å². The monoisotopic (exact) mass is 739 g/mol. The van der Waals surface area contributed by atoms with Gasteiger partial charge in [-0.3, -0.25) is 10.6 Å². The van der Waals surface area contributed by atoms with Crippen molar-refractivity contribution in [1.82, 2.24) is 15.2 Å². The van der Waals surface area contributed by atoms with Crippen molar-refractivity contribution in [2.75, 3.05) is 4.90 Å². The second-order valence-corrected chi connectivity index (χ2v) is 14.5. The number of aryl methyl sites for hydroxylation is 1. The van der Waals surface area contributed by atoms with E-state index in [-0.39, 0.29) is 12.3 Å². The van der Waals surface area contributed by atoms with Gasteiger partial charge in [-0.2, -0.15) is 0 Å². The molecule has 278 valence electrons. The number of hydrogen-bond donors (Lipinski definition) is 3. The molecule has 0 aliphatic heterocycles. The first-order chi connectivity index (χ1) is 28.1. The standard InChI is InChI=1S/C52H45N5/c1-37-16-11-12-23-45(37)39-30-34-43(35-31-39)56(42-21-9-4-10-22-42)48-26-15-27-49-50(48)46-24-13-14-25-47(46)57(49)44-32-28-38(29-33-44)36-54-52(41-19-7-3-8-20-41)55-51(53)40-17-5-2-6-18-40/h2-35,51-52,54-55H,36,53H2,1H3. The summed E-state index contributed by atoms with van der Waals surface area (Å²) in [6.07, 6.45) is -0.453. The fourth-order valence-corrected chi connectivity index (χ4v) is 7.99. The molecule has 0 amide bonds. The molecule has 1 heterocycles. The van der Waals surface area contributed by atoms with Crippen molar-refractivity contribution in [1.29, 1.82) is 0 Å². The normalized spacial score (nSPS) is 12.5. The zero-order valence-electron chi connectivity index (χ0n) is 32.0. The third kappa shape index (κ3) is 7.35. The van der Waals surface area contributed by atoms with E-state index in [1.165, 1.54) is 33.0 Å². The van der Waals surface area contributed by atoms with Crippen LogP contribution in [0.1, 0.15) is 34.6 Å². The topological polar surface area (TPSA) is 58.2 Å². The van der Waals surface area contributed by atoms with E-state index in [4.69, 9.17) is 5.73 Å². The second kappa shape index (κ2) is 16.1. The van der Waals surface area contributed by atoms with Gasteiger partial charge in [0, 0.05) is 34.4 Å². The number of nitrogens with zero attached hydrogens (tertiary/aromatic N) is 2. The Balaban J connectivity index is 1.06. The highest BCUT2D eigenvalue weighted by atomic mass is 15.2. The van der Waals surface area contributed by atoms with Gasteiger partial charge < -0.3 is 15.2 Å². The van der Waals surface area contributed by atoms with Crippen LogP contribution in [-0.2, 0) is 6.54 Å². The van der Waals surface area contributed by atoms with Crippen molar-refractivity contribution in [3.8, 4) is 16.8 Å². The molecule has 0 fully saturated rings. The van der Waals surface area contributed by atoms with Crippen molar-refractivity contribution in [2.45, 2.75) is 25.8 Å². The zero-order valence-corrected chi connectivity index (χ0v) is 32.0. The highest BCUT2D eigenvalue weighted by Gasteiger charge is 2.21. The molecule has 0 aliphatic carbocycles. The number of hydrogen-bond acceptors (Lipinski definition) is 4. The van der Waals surface area contributed by atoms with Crippen LogP contribution in [0.5, 0.6) is 0 Å². The van der Waals surface area contributed by atoms with E-state index in [0.29, 0.717) is 6.54 Å². The van der Waals surface area contributed by atoms with Crippen LogP contribution in [-0.4, -0.2) is 4.57 Å². The third-order valence-electron chi connectivity index (χ3n) is 10.9. The fourth-order valence-electron chi connectivity index (χ4n) is 7.99. The Kier molecular flexibility index (Phi) is 10.2. The van der Waals surface area contributed by atoms with Crippen LogP contribution in [0.4, 0.5) is 17.1 Å². The predicted molar refractivity (Wildman–Crippen MR) is 238 cm³/mol. The van der Waals surface area contributed by atoms with Gasteiger partial charge in [0.2, 0.25) is 0 Å². The predicted octanol–water partition coefficient (Wildman–Crippen LogP) is 12.3. The smallest absolute Gasteiger partial charge is 0.0852 e. The molecular formula is C52H45N5. The molecule has 0 spiro atoms. The van der Waals surface area contributed by atoms with Crippen LogP contribution in [0, 0.1) is 6.92 Å². The summed E-state index contributed by atoms with van der Waals surface area (Å²) in [5, 5.41) is 9.74. The van der Waals surface area contributed by atoms with E-state index in [0.717, 1.165) is 44.9 Å². The van der Waals surface area contributed by atoms with Gasteiger partial charge in [0.1, 0.15) is 0 Å². The fraction of sp³-hybridized carbons (Fsp3) is 0.0769. The van der Waals surface area contributed by atoms with Crippen molar-refractivity contribution in [3.05, 3.63) is 229 Å². The lowest BCUT2D eigenvalue weighted by molar-refractivity contribution is 0.386. The average Bonchev–Trinajstić information content (AvgIpc) is 3.62. The van der Waals surface area contributed by atoms with Crippen LogP contribution in [0.2, 0.25) is 0 Å². The summed E-state index contributed by atoms with van der Waals surface area (Å²) < 4.78 is 2.39. The molecule has 0 aliphatic rings. The summed E-state index contributed by atoms with van der Waals surface area (Å²) in [4.78, 5) is 2.39. The minimum atomic E-state index is -0.317. The lowest BCUT2D eigenvalue weighted by Gasteiger charge is -2.27. The molecule has 0 radical (unpaired) electrons. The van der Waals surface area contributed by atoms with Crippen LogP contribution >= 0.6 is 0 Å². The molecule has 9 aromatic rings. The van der Waals surface area contributed by atoms with Gasteiger partial charge in [-0.25, -0.2) is 0 Å². The van der Waals surface area contributed by atoms with Crippen LogP contribution in [0.15, 0.2) is 206 Å².